The lowest BCUT2D eigenvalue weighted by molar-refractivity contribution is -0.154. The van der Waals surface area contributed by atoms with E-state index < -0.39 is 218 Å². The smallest absolute Gasteiger partial charge is 0.303 e. The highest BCUT2D eigenvalue weighted by atomic mass is 16.4. The number of unbranched alkanes of at least 4 members (excludes halogenated alkanes) is 11. The molecule has 0 bridgehead atoms. The number of rotatable bonds is 65. The summed E-state index contributed by atoms with van der Waals surface area (Å²) < 4.78 is 0. The number of primary amides is 1. The van der Waals surface area contributed by atoms with Crippen molar-refractivity contribution in [3.63, 3.8) is 0 Å². The van der Waals surface area contributed by atoms with Crippen molar-refractivity contribution in [2.24, 2.45) is 28.9 Å². The first-order valence-corrected chi connectivity index (χ1v) is 46.9. The fourth-order valence-electron chi connectivity index (χ4n) is 15.6. The topological polar surface area (TPSA) is 678 Å². The number of carbonyl (C=O) groups excluding carboxylic acids is 16. The molecule has 27 N–H and O–H groups in total. The average Bonchev–Trinajstić information content (AvgIpc) is 1.80. The number of H-pyrrole nitrogens is 1. The summed E-state index contributed by atoms with van der Waals surface area (Å²) in [5, 5.41) is 83.8. The summed E-state index contributed by atoms with van der Waals surface area (Å²) in [7, 11) is 0. The number of nitrogens with one attached hydrogen (secondary N) is 15. The number of amides is 16. The van der Waals surface area contributed by atoms with Crippen molar-refractivity contribution in [2.75, 3.05) is 52.5 Å². The average molecular weight is 1890 g/mol. The van der Waals surface area contributed by atoms with Crippen LogP contribution in [0.2, 0.25) is 0 Å². The molecule has 12 atom stereocenters. The number of hydrogen-bond donors (Lipinski definition) is 23. The SMILES string of the molecule is CCCCCCCCCCCC(=O)NCCC(=O)N(C(=O)[C@H](CCCCN)NC(C)=O)[C@@H](Cc1ccc(O)cc1)C(=O)N[C@@H](CO)C(=O)N[C@@H](CCCC)C(=O)N[C@@H](CCC(=O)O)C(=O)N[C@@H](CO)C(=O)N[C@H](Cc1ccccc1)C(=O)N[C@@H](CCCNC(=N)N)C(=O)N[C@@H](Cc1c[nH]c2ccccc12)C(=O)NCC(=O)N[C@@H](CCCCN)C(=O)N1CCC[C@H]1C(=O)N[C@H](C(N)=O)C(C)C. The number of benzene rings is 3. The zero-order valence-corrected chi connectivity index (χ0v) is 78.2. The molecule has 0 radical (unpaired) electrons. The second-order valence-corrected chi connectivity index (χ2v) is 34.3. The third kappa shape index (κ3) is 40.2. The van der Waals surface area contributed by atoms with E-state index in [0.717, 1.165) is 45.4 Å². The number of phenols is 1. The number of aromatic amines is 1. The van der Waals surface area contributed by atoms with E-state index in [1.165, 1.54) is 42.0 Å². The molecule has 42 nitrogen and oxygen atoms in total. The number of nitrogens with zero attached hydrogens (tertiary/aromatic N) is 2. The van der Waals surface area contributed by atoms with Crippen LogP contribution in [-0.4, -0.2) is 267 Å². The summed E-state index contributed by atoms with van der Waals surface area (Å²) in [6.07, 6.45) is 10.0. The molecule has 746 valence electrons. The second-order valence-electron chi connectivity index (χ2n) is 34.3. The molecule has 5 rings (SSSR count). The van der Waals surface area contributed by atoms with Crippen LogP contribution in [0.25, 0.3) is 10.9 Å². The van der Waals surface area contributed by atoms with Gasteiger partial charge in [-0.2, -0.15) is 0 Å². The van der Waals surface area contributed by atoms with Crippen LogP contribution in [-0.2, 0) is 101 Å². The van der Waals surface area contributed by atoms with E-state index >= 15 is 19.2 Å². The zero-order chi connectivity index (χ0) is 99.5. The molecular weight excluding hydrogens is 1750 g/mol. The molecule has 135 heavy (non-hydrogen) atoms. The van der Waals surface area contributed by atoms with Crippen LogP contribution in [0.1, 0.15) is 218 Å². The normalized spacial score (nSPS) is 14.7. The van der Waals surface area contributed by atoms with Crippen molar-refractivity contribution >= 4 is 117 Å². The number of hydrogen-bond acceptors (Lipinski definition) is 23. The molecule has 1 aromatic heterocycles. The minimum atomic E-state index is -2.00. The number of likely N-dealkylation sites (tertiary alicyclic amines) is 1. The second kappa shape index (κ2) is 61.2. The molecule has 0 unspecified atom stereocenters. The lowest BCUT2D eigenvalue weighted by atomic mass is 10.00. The number of para-hydroxylation sites is 1. The van der Waals surface area contributed by atoms with Crippen LogP contribution in [0.3, 0.4) is 0 Å². The zero-order valence-electron chi connectivity index (χ0n) is 78.2. The van der Waals surface area contributed by atoms with E-state index in [1.807, 2.05) is 0 Å². The Morgan fingerprint density at radius 2 is 1.00 bits per heavy atom. The molecule has 42 heteroatoms. The maximum Gasteiger partial charge on any atom is 0.303 e. The van der Waals surface area contributed by atoms with E-state index in [4.69, 9.17) is 28.3 Å². The molecule has 1 aliphatic heterocycles. The van der Waals surface area contributed by atoms with Crippen LogP contribution in [0.5, 0.6) is 5.75 Å². The van der Waals surface area contributed by atoms with E-state index in [0.29, 0.717) is 65.5 Å². The van der Waals surface area contributed by atoms with Crippen molar-refractivity contribution in [3.8, 4) is 5.75 Å². The van der Waals surface area contributed by atoms with Crippen LogP contribution >= 0.6 is 0 Å². The van der Waals surface area contributed by atoms with Crippen molar-refractivity contribution in [3.05, 3.63) is 102 Å². The highest BCUT2D eigenvalue weighted by Crippen LogP contribution is 2.25. The van der Waals surface area contributed by atoms with Gasteiger partial charge in [-0.05, 0) is 137 Å². The number of fused-ring (bicyclic) bond motifs is 1. The van der Waals surface area contributed by atoms with Crippen LogP contribution < -0.4 is 92.1 Å². The highest BCUT2D eigenvalue weighted by molar-refractivity contribution is 6.05. The van der Waals surface area contributed by atoms with E-state index in [1.54, 1.807) is 81.6 Å². The van der Waals surface area contributed by atoms with Gasteiger partial charge in [0.1, 0.15) is 78.3 Å². The summed E-state index contributed by atoms with van der Waals surface area (Å²) in [6, 6.07) is 1.56. The first-order chi connectivity index (χ1) is 64.6. The number of aliphatic hydroxyl groups is 2. The Hall–Kier alpha value is -12.7. The van der Waals surface area contributed by atoms with Gasteiger partial charge in [-0.25, -0.2) is 0 Å². The molecule has 2 heterocycles. The number of aliphatic hydroxyl groups excluding tert-OH is 2. The molecule has 1 aliphatic rings. The standard InChI is InChI=1S/C93H143N21O21/c1-6-8-10-11-12-13-14-15-19-37-76(119)99-48-44-78(121)114(92(135)69(103-58(5)117)34-23-25-46-95)75(51-60-38-40-62(118)41-39-60)90(133)111-73(56-116)87(130)106-65(31-9-7-2)83(126)107-67(42-43-79(122)123)85(128)110-72(55-115)88(131)108-70(50-59-28-17-16-18-29-59)86(129)105-66(35-26-47-100-93(97)98)84(127)109-71(52-61-53-101-64-32-21-20-30-63(61)64)82(125)102-54-77(120)104-68(33-22-24-45-94)91(134)113-49-27-36-74(113)89(132)112-80(57(3)4)81(96)124/h16-18,20-21,28-30,32,38-41,53,57,65-75,80,101,115-116,118H,6-15,19,22-27,31,33-37,42-52,54-56,94-95H2,1-5H3,(H2,96,124)(H,99,119)(H,102,125)(H,103,117)(H,104,120)(H,105,129)(H,106,130)(H,107,126)(H,108,131)(H,109,127)(H,110,128)(H,111,133)(H,112,132)(H,122,123)(H4,97,98,100)/t65-,66-,67-,68-,69-,70+,71-,72-,73-,74-,75-,80-/m0/s1. The Morgan fingerprint density at radius 1 is 0.489 bits per heavy atom. The number of carboxylic acids is 1. The van der Waals surface area contributed by atoms with Gasteiger partial charge in [-0.1, -0.05) is 153 Å². The third-order valence-electron chi connectivity index (χ3n) is 23.0. The summed E-state index contributed by atoms with van der Waals surface area (Å²) in [4.78, 5) is 246. The predicted octanol–water partition coefficient (Wildman–Crippen LogP) is -0.270. The number of imide groups is 1. The maximum absolute atomic E-state index is 15.1. The van der Waals surface area contributed by atoms with Gasteiger partial charge in [-0.3, -0.25) is 91.8 Å². The Kier molecular flexibility index (Phi) is 51.2. The van der Waals surface area contributed by atoms with Gasteiger partial charge >= 0.3 is 5.97 Å². The molecule has 4 aromatic rings. The third-order valence-corrected chi connectivity index (χ3v) is 23.0. The number of carboxylic acid groups (broad SMARTS) is 1. The van der Waals surface area contributed by atoms with Crippen LogP contribution in [0, 0.1) is 11.3 Å². The molecule has 0 spiro atoms. The Labute approximate surface area is 787 Å². The largest absolute Gasteiger partial charge is 0.508 e. The van der Waals surface area contributed by atoms with Gasteiger partial charge in [0.05, 0.1) is 19.8 Å². The number of aromatic nitrogens is 1. The summed E-state index contributed by atoms with van der Waals surface area (Å²) in [5.74, 6) is -17.4. The van der Waals surface area contributed by atoms with Gasteiger partial charge in [0.15, 0.2) is 5.96 Å². The van der Waals surface area contributed by atoms with Crippen molar-refractivity contribution in [2.45, 2.75) is 293 Å². The molecular formula is C93H143N21O21. The van der Waals surface area contributed by atoms with Gasteiger partial charge in [-0.15, -0.1) is 0 Å². The summed E-state index contributed by atoms with van der Waals surface area (Å²) in [5.41, 5.74) is 24.7. The summed E-state index contributed by atoms with van der Waals surface area (Å²) in [6.45, 7) is 5.53. The Bertz CT molecular complexity index is 4540. The van der Waals surface area contributed by atoms with Crippen molar-refractivity contribution < 1.29 is 102 Å². The fraction of sp³-hybridized carbons (Fsp3) is 0.591. The Balaban J connectivity index is 1.41. The lowest BCUT2D eigenvalue weighted by Gasteiger charge is -2.33. The van der Waals surface area contributed by atoms with Crippen molar-refractivity contribution in [1.29, 1.82) is 5.41 Å². The van der Waals surface area contributed by atoms with E-state index in [9.17, 15) is 82.8 Å². The molecule has 16 amide bonds. The number of aliphatic carboxylic acids is 1. The molecule has 1 fully saturated rings. The van der Waals surface area contributed by atoms with Gasteiger partial charge in [0.25, 0.3) is 5.91 Å². The molecule has 0 saturated carbocycles. The predicted molar refractivity (Wildman–Crippen MR) is 501 cm³/mol. The Morgan fingerprint density at radius 3 is 1.56 bits per heavy atom. The van der Waals surface area contributed by atoms with Gasteiger partial charge in [0, 0.05) is 82.2 Å². The highest BCUT2D eigenvalue weighted by Gasteiger charge is 2.43. The number of nitrogens with two attached hydrogens (primary N) is 4. The fourth-order valence-corrected chi connectivity index (χ4v) is 15.6. The van der Waals surface area contributed by atoms with Crippen LogP contribution in [0.4, 0.5) is 0 Å². The van der Waals surface area contributed by atoms with Crippen LogP contribution in [0.15, 0.2) is 85.1 Å². The van der Waals surface area contributed by atoms with E-state index in [-0.39, 0.29) is 126 Å². The first-order valence-electron chi connectivity index (χ1n) is 46.9. The number of carbonyl (C=O) groups is 17. The first kappa shape index (κ1) is 113. The molecule has 1 saturated heterocycles. The molecule has 0 aliphatic carbocycles. The minimum Gasteiger partial charge on any atom is -0.508 e. The van der Waals surface area contributed by atoms with Gasteiger partial charge < -0.3 is 122 Å². The number of guanidine groups is 1. The van der Waals surface area contributed by atoms with Crippen molar-refractivity contribution in [1.82, 2.24) is 83.9 Å². The quantitative estimate of drug-likeness (QED) is 0.0154. The number of phenolic OH excluding ortho intramolecular Hbond substituents is 1. The number of aromatic hydroxyl groups is 1. The maximum atomic E-state index is 15.1. The summed E-state index contributed by atoms with van der Waals surface area (Å²) >= 11 is 0. The minimum absolute atomic E-state index is 0.0155. The van der Waals surface area contributed by atoms with Gasteiger partial charge in [0.2, 0.25) is 88.6 Å². The monoisotopic (exact) mass is 1890 g/mol. The van der Waals surface area contributed by atoms with E-state index in [2.05, 4.69) is 81.0 Å². The molecule has 3 aromatic carbocycles. The lowest BCUT2D eigenvalue weighted by Crippen LogP contribution is -2.62.